The van der Waals surface area contributed by atoms with Crippen molar-refractivity contribution in [3.63, 3.8) is 0 Å². The Bertz CT molecular complexity index is 75.3. The Hall–Kier alpha value is -0.636. The fraction of sp³-hybridized carbons (Fsp3) is 0.500. The smallest absolute Gasteiger partial charge is 0.550 e. The maximum atomic E-state index is 8.89. The molecule has 0 heterocycles. The van der Waals surface area contributed by atoms with Gasteiger partial charge in [0, 0.05) is 11.9 Å². The van der Waals surface area contributed by atoms with Crippen molar-refractivity contribution in [2.24, 2.45) is 0 Å². The molecular weight excluding hydrogens is 190 g/mol. The Morgan fingerprint density at radius 2 is 1.00 bits per heavy atom. The van der Waals surface area contributed by atoms with E-state index in [0.717, 1.165) is 13.8 Å². The topological polar surface area (TPSA) is 80.3 Å². The van der Waals surface area contributed by atoms with Crippen LogP contribution in [0.1, 0.15) is 13.8 Å². The first-order chi connectivity index (χ1) is 3.46. The van der Waals surface area contributed by atoms with E-state index in [2.05, 4.69) is 0 Å². The van der Waals surface area contributed by atoms with Crippen molar-refractivity contribution in [3.05, 3.63) is 0 Å². The first-order valence-electron chi connectivity index (χ1n) is 1.82. The minimum Gasteiger partial charge on any atom is -0.550 e. The molecule has 0 fully saturated rings. The van der Waals surface area contributed by atoms with Crippen LogP contribution in [0.4, 0.5) is 4.70 Å². The minimum atomic E-state index is -1.08. The molecule has 0 aromatic rings. The van der Waals surface area contributed by atoms with Crippen LogP contribution in [-0.4, -0.2) is 11.9 Å². The quantitative estimate of drug-likeness (QED) is 0.407. The third-order valence-corrected chi connectivity index (χ3v) is 0. The fourth-order valence-electron chi connectivity index (χ4n) is 0. The molecular formula is C4H7FNiO4. The van der Waals surface area contributed by atoms with E-state index in [9.17, 15) is 0 Å². The molecule has 0 bridgehead atoms. The number of carboxylic acids is 2. The standard InChI is InChI=1S/2C2H4O2.FH.Ni/c2*1-2(3)4;;/h2*1H3,(H,3,4);1H;/q;;;+2/p-2. The Kier molecular flexibility index (Phi) is 35.9. The molecule has 0 atom stereocenters. The number of carboxylic acid groups (broad SMARTS) is 2. The molecule has 0 radical (unpaired) electrons. The first-order valence-corrected chi connectivity index (χ1v) is 1.82. The number of aliphatic carboxylic acids is 2. The summed E-state index contributed by atoms with van der Waals surface area (Å²) in [5, 5.41) is 17.8. The molecule has 0 aliphatic rings. The van der Waals surface area contributed by atoms with Crippen molar-refractivity contribution in [1.82, 2.24) is 0 Å². The molecule has 0 saturated carbocycles. The fourth-order valence-corrected chi connectivity index (χ4v) is 0. The molecule has 0 aliphatic carbocycles. The number of hydrogen-bond acceptors (Lipinski definition) is 4. The van der Waals surface area contributed by atoms with Crippen LogP contribution in [0.25, 0.3) is 0 Å². The van der Waals surface area contributed by atoms with E-state index < -0.39 is 11.9 Å². The summed E-state index contributed by atoms with van der Waals surface area (Å²) in [6.07, 6.45) is 0. The van der Waals surface area contributed by atoms with Gasteiger partial charge in [-0.25, -0.2) is 0 Å². The van der Waals surface area contributed by atoms with Crippen LogP contribution in [0, 0.1) is 0 Å². The Labute approximate surface area is 67.5 Å². The van der Waals surface area contributed by atoms with Crippen LogP contribution in [0.3, 0.4) is 0 Å². The predicted octanol–water partition coefficient (Wildman–Crippen LogP) is -2.34. The zero-order chi connectivity index (χ0) is 7.15. The molecule has 4 nitrogen and oxygen atoms in total. The van der Waals surface area contributed by atoms with Gasteiger partial charge >= 0.3 is 16.5 Å². The van der Waals surface area contributed by atoms with Crippen LogP contribution < -0.4 is 10.2 Å². The van der Waals surface area contributed by atoms with E-state index >= 15 is 0 Å². The van der Waals surface area contributed by atoms with Gasteiger partial charge in [-0.2, -0.15) is 0 Å². The second-order valence-corrected chi connectivity index (χ2v) is 0.983. The van der Waals surface area contributed by atoms with Gasteiger partial charge < -0.3 is 19.8 Å². The molecule has 0 N–H and O–H groups in total. The molecule has 0 aromatic heterocycles. The molecule has 64 valence electrons. The number of carbonyl (C=O) groups is 2. The number of hydrogen-bond donors (Lipinski definition) is 0. The minimum absolute atomic E-state index is 0. The summed E-state index contributed by atoms with van der Waals surface area (Å²) in [4.78, 5) is 17.8. The normalized spacial score (nSPS) is 5.00. The monoisotopic (exact) mass is 196 g/mol. The maximum absolute atomic E-state index is 8.89. The summed E-state index contributed by atoms with van der Waals surface area (Å²) in [6, 6.07) is 0. The van der Waals surface area contributed by atoms with Gasteiger partial charge in [-0.05, 0) is 13.8 Å². The van der Waals surface area contributed by atoms with Gasteiger partial charge in [-0.15, -0.1) is 0 Å². The van der Waals surface area contributed by atoms with Gasteiger partial charge in [-0.3, -0.25) is 4.70 Å². The van der Waals surface area contributed by atoms with Gasteiger partial charge in [0.25, 0.3) is 0 Å². The van der Waals surface area contributed by atoms with E-state index in [-0.39, 0.29) is 21.2 Å². The molecule has 0 spiro atoms. The van der Waals surface area contributed by atoms with Crippen molar-refractivity contribution >= 4 is 11.9 Å². The van der Waals surface area contributed by atoms with Crippen LogP contribution >= 0.6 is 0 Å². The molecule has 0 unspecified atom stereocenters. The van der Waals surface area contributed by atoms with Crippen LogP contribution in [0.15, 0.2) is 0 Å². The second-order valence-electron chi connectivity index (χ2n) is 0.983. The SMILES string of the molecule is CC(=O)[O-].CC(=O)[O-].F.[Ni+2]. The van der Waals surface area contributed by atoms with E-state index in [1.165, 1.54) is 0 Å². The number of halogens is 1. The van der Waals surface area contributed by atoms with Gasteiger partial charge in [-0.1, -0.05) is 0 Å². The third-order valence-electron chi connectivity index (χ3n) is 0. The Balaban J connectivity index is -0.0000000300. The van der Waals surface area contributed by atoms with Crippen molar-refractivity contribution in [2.75, 3.05) is 0 Å². The van der Waals surface area contributed by atoms with Gasteiger partial charge in [0.1, 0.15) is 0 Å². The van der Waals surface area contributed by atoms with E-state index in [1.54, 1.807) is 0 Å². The van der Waals surface area contributed by atoms with Crippen molar-refractivity contribution in [2.45, 2.75) is 13.8 Å². The summed E-state index contributed by atoms with van der Waals surface area (Å²) in [6.45, 7) is 1.94. The molecule has 0 aromatic carbocycles. The van der Waals surface area contributed by atoms with E-state index in [1.807, 2.05) is 0 Å². The largest absolute Gasteiger partial charge is 2.00 e. The number of carbonyl (C=O) groups excluding carboxylic acids is 2. The van der Waals surface area contributed by atoms with Crippen LogP contribution in [0.5, 0.6) is 0 Å². The molecule has 6 heteroatoms. The Morgan fingerprint density at radius 3 is 1.00 bits per heavy atom. The average Bonchev–Trinajstić information content (AvgIpc) is 1.25. The summed E-state index contributed by atoms with van der Waals surface area (Å²) in [7, 11) is 0. The molecule has 10 heavy (non-hydrogen) atoms. The van der Waals surface area contributed by atoms with Crippen molar-refractivity contribution in [1.29, 1.82) is 0 Å². The zero-order valence-electron chi connectivity index (χ0n) is 5.36. The summed E-state index contributed by atoms with van der Waals surface area (Å²) < 4.78 is 0. The molecule has 0 saturated heterocycles. The first kappa shape index (κ1) is 22.8. The second kappa shape index (κ2) is 15.8. The van der Waals surface area contributed by atoms with Crippen LogP contribution in [-0.2, 0) is 26.1 Å². The van der Waals surface area contributed by atoms with Crippen molar-refractivity contribution < 1.29 is 41.0 Å². The van der Waals surface area contributed by atoms with Crippen LogP contribution in [0.2, 0.25) is 0 Å². The molecule has 0 amide bonds. The summed E-state index contributed by atoms with van der Waals surface area (Å²) >= 11 is 0. The maximum Gasteiger partial charge on any atom is 2.00 e. The summed E-state index contributed by atoms with van der Waals surface area (Å²) in [5.41, 5.74) is 0. The van der Waals surface area contributed by atoms with Gasteiger partial charge in [0.2, 0.25) is 0 Å². The Morgan fingerprint density at radius 1 is 1.00 bits per heavy atom. The molecule has 0 aliphatic heterocycles. The van der Waals surface area contributed by atoms with Crippen molar-refractivity contribution in [3.8, 4) is 0 Å². The average molecular weight is 197 g/mol. The third kappa shape index (κ3) is 736. The predicted molar refractivity (Wildman–Crippen MR) is 23.9 cm³/mol. The van der Waals surface area contributed by atoms with E-state index in [4.69, 9.17) is 19.8 Å². The van der Waals surface area contributed by atoms with Gasteiger partial charge in [0.05, 0.1) is 0 Å². The zero-order valence-corrected chi connectivity index (χ0v) is 6.35. The van der Waals surface area contributed by atoms with E-state index in [0.29, 0.717) is 0 Å². The summed E-state index contributed by atoms with van der Waals surface area (Å²) in [5.74, 6) is -2.17. The molecule has 0 rings (SSSR count). The van der Waals surface area contributed by atoms with Gasteiger partial charge in [0.15, 0.2) is 0 Å². The number of rotatable bonds is 0.